The van der Waals surface area contributed by atoms with Crippen LogP contribution in [0.1, 0.15) is 28.7 Å². The van der Waals surface area contributed by atoms with E-state index in [9.17, 15) is 10.2 Å². The number of fused-ring (bicyclic) bond motifs is 1. The lowest BCUT2D eigenvalue weighted by Crippen LogP contribution is -2.30. The second-order valence-electron chi connectivity index (χ2n) is 4.64. The second-order valence-corrected chi connectivity index (χ2v) is 4.64. The average Bonchev–Trinajstić information content (AvgIpc) is 2.88. The summed E-state index contributed by atoms with van der Waals surface area (Å²) in [4.78, 5) is 0. The van der Waals surface area contributed by atoms with Gasteiger partial charge in [0.2, 0.25) is 0 Å². The predicted octanol–water partition coefficient (Wildman–Crippen LogP) is 1.42. The van der Waals surface area contributed by atoms with Crippen molar-refractivity contribution in [2.45, 2.75) is 19.1 Å². The summed E-state index contributed by atoms with van der Waals surface area (Å²) in [5, 5.41) is 31.5. The molecule has 2 aromatic rings. The molecule has 3 rings (SSSR count). The van der Waals surface area contributed by atoms with Gasteiger partial charge in [-0.05, 0) is 41.8 Å². The first kappa shape index (κ1) is 12.1. The minimum absolute atomic E-state index is 0.102. The number of aromatic hydroxyl groups is 2. The maximum Gasteiger partial charge on any atom is 0.157 e. The molecule has 1 aliphatic rings. The van der Waals surface area contributed by atoms with E-state index < -0.39 is 0 Å². The van der Waals surface area contributed by atoms with Crippen LogP contribution in [0.4, 0.5) is 0 Å². The number of phenols is 2. The van der Waals surface area contributed by atoms with Gasteiger partial charge < -0.3 is 25.1 Å². The van der Waals surface area contributed by atoms with E-state index in [4.69, 9.17) is 9.52 Å². The van der Waals surface area contributed by atoms with Crippen LogP contribution < -0.4 is 5.32 Å². The van der Waals surface area contributed by atoms with Gasteiger partial charge >= 0.3 is 0 Å². The van der Waals surface area contributed by atoms with Crippen molar-refractivity contribution in [3.8, 4) is 11.5 Å². The molecular formula is C14H15NO4. The van der Waals surface area contributed by atoms with Crippen LogP contribution in [0.5, 0.6) is 11.5 Å². The molecule has 1 aliphatic heterocycles. The van der Waals surface area contributed by atoms with Crippen LogP contribution in [-0.2, 0) is 13.0 Å². The molecule has 0 amide bonds. The lowest BCUT2D eigenvalue weighted by Gasteiger charge is -2.25. The molecule has 5 heteroatoms. The molecule has 1 unspecified atom stereocenters. The summed E-state index contributed by atoms with van der Waals surface area (Å²) < 4.78 is 5.54. The van der Waals surface area contributed by atoms with Crippen LogP contribution in [0.15, 0.2) is 28.7 Å². The number of phenolic OH excluding ortho intramolecular Hbond substituents is 2. The van der Waals surface area contributed by atoms with Crippen molar-refractivity contribution in [3.05, 3.63) is 46.9 Å². The third-order valence-electron chi connectivity index (χ3n) is 3.41. The summed E-state index contributed by atoms with van der Waals surface area (Å²) in [6, 6.07) is 6.51. The fourth-order valence-electron chi connectivity index (χ4n) is 2.47. The van der Waals surface area contributed by atoms with E-state index in [1.165, 1.54) is 0 Å². The normalized spacial score (nSPS) is 18.3. The highest BCUT2D eigenvalue weighted by molar-refractivity contribution is 5.49. The molecule has 0 saturated carbocycles. The molecular weight excluding hydrogens is 246 g/mol. The van der Waals surface area contributed by atoms with E-state index in [1.807, 2.05) is 6.07 Å². The Morgan fingerprint density at radius 3 is 2.74 bits per heavy atom. The standard InChI is InChI=1S/C14H15NO4/c16-7-9-1-2-13(19-9)14-10-6-12(18)11(17)5-8(10)3-4-15-14/h1-2,5-6,14-18H,3-4,7H2. The first-order valence-electron chi connectivity index (χ1n) is 6.16. The lowest BCUT2D eigenvalue weighted by molar-refractivity contribution is 0.240. The van der Waals surface area contributed by atoms with Crippen molar-refractivity contribution >= 4 is 0 Å². The zero-order chi connectivity index (χ0) is 13.4. The molecule has 0 aliphatic carbocycles. The van der Waals surface area contributed by atoms with Gasteiger partial charge in [0.25, 0.3) is 0 Å². The van der Waals surface area contributed by atoms with Gasteiger partial charge in [-0.15, -0.1) is 0 Å². The highest BCUT2D eigenvalue weighted by Gasteiger charge is 2.25. The van der Waals surface area contributed by atoms with Crippen molar-refractivity contribution in [3.63, 3.8) is 0 Å². The molecule has 5 nitrogen and oxygen atoms in total. The number of hydrogen-bond donors (Lipinski definition) is 4. The highest BCUT2D eigenvalue weighted by Crippen LogP contribution is 2.36. The summed E-state index contributed by atoms with van der Waals surface area (Å²) in [6.07, 6.45) is 0.785. The second kappa shape index (κ2) is 4.60. The monoisotopic (exact) mass is 261 g/mol. The summed E-state index contributed by atoms with van der Waals surface area (Å²) in [5.41, 5.74) is 1.88. The van der Waals surface area contributed by atoms with Gasteiger partial charge in [0.05, 0.1) is 6.04 Å². The fourth-order valence-corrected chi connectivity index (χ4v) is 2.47. The first-order valence-corrected chi connectivity index (χ1v) is 6.16. The van der Waals surface area contributed by atoms with Crippen molar-refractivity contribution in [1.29, 1.82) is 0 Å². The van der Waals surface area contributed by atoms with Gasteiger partial charge in [-0.25, -0.2) is 0 Å². The summed E-state index contributed by atoms with van der Waals surface area (Å²) >= 11 is 0. The smallest absolute Gasteiger partial charge is 0.157 e. The van der Waals surface area contributed by atoms with Crippen molar-refractivity contribution in [2.75, 3.05) is 6.54 Å². The lowest BCUT2D eigenvalue weighted by atomic mass is 9.92. The zero-order valence-corrected chi connectivity index (χ0v) is 10.3. The Balaban J connectivity index is 2.04. The Bertz CT molecular complexity index is 605. The Hall–Kier alpha value is -1.98. The molecule has 0 radical (unpaired) electrons. The Kier molecular flexibility index (Phi) is 2.93. The molecule has 0 saturated heterocycles. The molecule has 0 bridgehead atoms. The van der Waals surface area contributed by atoms with E-state index in [0.29, 0.717) is 11.5 Å². The van der Waals surface area contributed by atoms with Crippen molar-refractivity contribution < 1.29 is 19.7 Å². The number of benzene rings is 1. The molecule has 1 aromatic carbocycles. The first-order chi connectivity index (χ1) is 9.19. The van der Waals surface area contributed by atoms with E-state index in [2.05, 4.69) is 5.32 Å². The molecule has 19 heavy (non-hydrogen) atoms. The van der Waals surface area contributed by atoms with E-state index in [-0.39, 0.29) is 24.1 Å². The molecule has 0 fully saturated rings. The highest BCUT2D eigenvalue weighted by atomic mass is 16.4. The zero-order valence-electron chi connectivity index (χ0n) is 10.3. The predicted molar refractivity (Wildman–Crippen MR) is 68.0 cm³/mol. The molecule has 4 N–H and O–H groups in total. The Morgan fingerprint density at radius 1 is 1.21 bits per heavy atom. The molecule has 2 heterocycles. The van der Waals surface area contributed by atoms with Gasteiger partial charge in [-0.2, -0.15) is 0 Å². The van der Waals surface area contributed by atoms with Crippen LogP contribution in [0, 0.1) is 0 Å². The third kappa shape index (κ3) is 2.07. The van der Waals surface area contributed by atoms with Crippen LogP contribution in [0.2, 0.25) is 0 Å². The van der Waals surface area contributed by atoms with Crippen LogP contribution in [0.3, 0.4) is 0 Å². The van der Waals surface area contributed by atoms with Gasteiger partial charge in [-0.3, -0.25) is 0 Å². The van der Waals surface area contributed by atoms with Gasteiger partial charge in [-0.1, -0.05) is 0 Å². The van der Waals surface area contributed by atoms with Gasteiger partial charge in [0.1, 0.15) is 18.1 Å². The van der Waals surface area contributed by atoms with Crippen molar-refractivity contribution in [2.24, 2.45) is 0 Å². The quantitative estimate of drug-likeness (QED) is 0.614. The maximum atomic E-state index is 9.64. The summed E-state index contributed by atoms with van der Waals surface area (Å²) in [6.45, 7) is 0.622. The minimum atomic E-state index is -0.171. The number of furan rings is 1. The van der Waals surface area contributed by atoms with E-state index in [0.717, 1.165) is 24.1 Å². The maximum absolute atomic E-state index is 9.64. The number of rotatable bonds is 2. The van der Waals surface area contributed by atoms with Crippen LogP contribution in [-0.4, -0.2) is 21.9 Å². The van der Waals surface area contributed by atoms with Crippen molar-refractivity contribution in [1.82, 2.24) is 5.32 Å². The number of nitrogens with one attached hydrogen (secondary N) is 1. The molecule has 1 aromatic heterocycles. The van der Waals surface area contributed by atoms with E-state index in [1.54, 1.807) is 18.2 Å². The molecule has 1 atom stereocenters. The average molecular weight is 261 g/mol. The third-order valence-corrected chi connectivity index (χ3v) is 3.41. The number of aliphatic hydroxyl groups excluding tert-OH is 1. The Labute approximate surface area is 110 Å². The fraction of sp³-hybridized carbons (Fsp3) is 0.286. The van der Waals surface area contributed by atoms with Crippen LogP contribution in [0.25, 0.3) is 0 Å². The van der Waals surface area contributed by atoms with E-state index >= 15 is 0 Å². The number of hydrogen-bond acceptors (Lipinski definition) is 5. The SMILES string of the molecule is OCc1ccc(C2NCCc3cc(O)c(O)cc32)o1. The molecule has 100 valence electrons. The minimum Gasteiger partial charge on any atom is -0.504 e. The Morgan fingerprint density at radius 2 is 2.00 bits per heavy atom. The topological polar surface area (TPSA) is 85.9 Å². The number of aliphatic hydroxyl groups is 1. The summed E-state index contributed by atoms with van der Waals surface area (Å²) in [5.74, 6) is 0.957. The van der Waals surface area contributed by atoms with Gasteiger partial charge in [0.15, 0.2) is 11.5 Å². The van der Waals surface area contributed by atoms with Crippen LogP contribution >= 0.6 is 0 Å². The van der Waals surface area contributed by atoms with Gasteiger partial charge in [0, 0.05) is 6.54 Å². The molecule has 0 spiro atoms. The summed E-state index contributed by atoms with van der Waals surface area (Å²) in [7, 11) is 0. The largest absolute Gasteiger partial charge is 0.504 e.